The van der Waals surface area contributed by atoms with Crippen LogP contribution in [0.1, 0.15) is 49.9 Å². The lowest BCUT2D eigenvalue weighted by molar-refractivity contribution is -0.107. The van der Waals surface area contributed by atoms with Crippen molar-refractivity contribution in [1.82, 2.24) is 4.90 Å². The number of likely N-dealkylation sites (N-methyl/N-ethyl adjacent to an activating group) is 1. The van der Waals surface area contributed by atoms with Crippen molar-refractivity contribution in [1.29, 1.82) is 0 Å². The molecule has 2 aromatic rings. The number of carbonyl (C=O) groups is 1. The van der Waals surface area contributed by atoms with Crippen LogP contribution >= 0.6 is 15.9 Å². The average Bonchev–Trinajstić information content (AvgIpc) is 2.77. The van der Waals surface area contributed by atoms with Gasteiger partial charge < -0.3 is 14.9 Å². The maximum atomic E-state index is 12.0. The Morgan fingerprint density at radius 1 is 1.10 bits per heavy atom. The fourth-order valence-corrected chi connectivity index (χ4v) is 4.07. The van der Waals surface area contributed by atoms with Gasteiger partial charge in [-0.05, 0) is 67.9 Å². The second kappa shape index (κ2) is 11.4. The SMILES string of the molecule is C=Cc1ccc(C(C)(O)c2cc(Br)ccc2N(C=O)CCN(CC)CC)cc1/C=C\C. The van der Waals surface area contributed by atoms with E-state index in [0.29, 0.717) is 17.8 Å². The van der Waals surface area contributed by atoms with E-state index in [1.54, 1.807) is 17.9 Å². The minimum absolute atomic E-state index is 0.551. The summed E-state index contributed by atoms with van der Waals surface area (Å²) >= 11 is 3.53. The number of aliphatic hydroxyl groups is 1. The third-order valence-corrected chi connectivity index (χ3v) is 6.18. The Morgan fingerprint density at radius 2 is 1.81 bits per heavy atom. The third kappa shape index (κ3) is 5.94. The molecule has 2 aromatic carbocycles. The van der Waals surface area contributed by atoms with Gasteiger partial charge in [-0.15, -0.1) is 0 Å². The summed E-state index contributed by atoms with van der Waals surface area (Å²) in [5, 5.41) is 11.7. The van der Waals surface area contributed by atoms with Gasteiger partial charge in [0, 0.05) is 28.8 Å². The molecule has 0 radical (unpaired) electrons. The van der Waals surface area contributed by atoms with Gasteiger partial charge in [-0.1, -0.05) is 66.7 Å². The number of anilines is 1. The molecular formula is C26H33BrN2O2. The standard InChI is InChI=1S/C26H33BrN2O2/c1-6-10-21-17-22(12-11-20(21)7-2)26(5,31)24-18-23(27)13-14-25(24)29(19-30)16-15-28(8-3)9-4/h6-7,10-14,17-19,31H,2,8-9,15-16H2,1,3-5H3/b10-6-. The number of halogens is 1. The van der Waals surface area contributed by atoms with Crippen molar-refractivity contribution in [3.05, 3.63) is 75.8 Å². The van der Waals surface area contributed by atoms with E-state index in [1.165, 1.54) is 0 Å². The highest BCUT2D eigenvalue weighted by molar-refractivity contribution is 9.10. The molecule has 0 saturated carbocycles. The number of allylic oxidation sites excluding steroid dienone is 1. The lowest BCUT2D eigenvalue weighted by Gasteiger charge is -2.31. The lowest BCUT2D eigenvalue weighted by atomic mass is 9.85. The summed E-state index contributed by atoms with van der Waals surface area (Å²) in [6.07, 6.45) is 6.62. The maximum absolute atomic E-state index is 12.0. The molecule has 166 valence electrons. The largest absolute Gasteiger partial charge is 0.381 e. The van der Waals surface area contributed by atoms with Gasteiger partial charge in [-0.3, -0.25) is 4.79 Å². The Labute approximate surface area is 195 Å². The van der Waals surface area contributed by atoms with Crippen LogP contribution in [-0.2, 0) is 10.4 Å². The van der Waals surface area contributed by atoms with Gasteiger partial charge in [-0.2, -0.15) is 0 Å². The Hall–Kier alpha value is -2.21. The van der Waals surface area contributed by atoms with Crippen molar-refractivity contribution >= 4 is 40.2 Å². The van der Waals surface area contributed by atoms with Gasteiger partial charge in [0.15, 0.2) is 0 Å². The minimum atomic E-state index is -1.30. The van der Waals surface area contributed by atoms with E-state index < -0.39 is 5.60 Å². The first-order valence-electron chi connectivity index (χ1n) is 10.7. The van der Waals surface area contributed by atoms with Gasteiger partial charge in [0.1, 0.15) is 5.60 Å². The average molecular weight is 485 g/mol. The predicted octanol–water partition coefficient (Wildman–Crippen LogP) is 5.69. The van der Waals surface area contributed by atoms with Gasteiger partial charge in [-0.25, -0.2) is 0 Å². The zero-order chi connectivity index (χ0) is 23.0. The van der Waals surface area contributed by atoms with Gasteiger partial charge >= 0.3 is 0 Å². The molecule has 0 saturated heterocycles. The highest BCUT2D eigenvalue weighted by atomic mass is 79.9. The van der Waals surface area contributed by atoms with E-state index in [-0.39, 0.29) is 0 Å². The van der Waals surface area contributed by atoms with Crippen LogP contribution in [0.25, 0.3) is 12.2 Å². The predicted molar refractivity (Wildman–Crippen MR) is 135 cm³/mol. The molecular weight excluding hydrogens is 452 g/mol. The first kappa shape index (κ1) is 25.1. The number of carbonyl (C=O) groups excluding carboxylic acids is 1. The molecule has 1 N–H and O–H groups in total. The summed E-state index contributed by atoms with van der Waals surface area (Å²) in [7, 11) is 0. The second-order valence-electron chi connectivity index (χ2n) is 7.61. The first-order chi connectivity index (χ1) is 14.8. The lowest BCUT2D eigenvalue weighted by Crippen LogP contribution is -2.36. The van der Waals surface area contributed by atoms with Crippen molar-refractivity contribution in [2.45, 2.75) is 33.3 Å². The molecule has 0 aliphatic heterocycles. The molecule has 2 rings (SSSR count). The van der Waals surface area contributed by atoms with Crippen molar-refractivity contribution in [2.24, 2.45) is 0 Å². The molecule has 0 heterocycles. The minimum Gasteiger partial charge on any atom is -0.381 e. The smallest absolute Gasteiger partial charge is 0.214 e. The van der Waals surface area contributed by atoms with Crippen molar-refractivity contribution in [3.8, 4) is 0 Å². The van der Waals surface area contributed by atoms with Crippen molar-refractivity contribution < 1.29 is 9.90 Å². The molecule has 0 bridgehead atoms. The summed E-state index contributed by atoms with van der Waals surface area (Å²) in [4.78, 5) is 16.0. The summed E-state index contributed by atoms with van der Waals surface area (Å²) < 4.78 is 0.845. The number of amides is 1. The number of rotatable bonds is 11. The molecule has 1 amide bonds. The summed E-state index contributed by atoms with van der Waals surface area (Å²) in [5.41, 5.74) is 2.81. The van der Waals surface area contributed by atoms with E-state index in [0.717, 1.165) is 47.2 Å². The molecule has 1 unspecified atom stereocenters. The van der Waals surface area contributed by atoms with Crippen LogP contribution in [0.15, 0.2) is 53.5 Å². The molecule has 0 aliphatic carbocycles. The van der Waals surface area contributed by atoms with Gasteiger partial charge in [0.05, 0.1) is 0 Å². The molecule has 31 heavy (non-hydrogen) atoms. The quantitative estimate of drug-likeness (QED) is 0.416. The van der Waals surface area contributed by atoms with E-state index in [4.69, 9.17) is 0 Å². The number of benzene rings is 2. The molecule has 4 nitrogen and oxygen atoms in total. The molecule has 5 heteroatoms. The Balaban J connectivity index is 2.54. The molecule has 0 aromatic heterocycles. The summed E-state index contributed by atoms with van der Waals surface area (Å²) in [6, 6.07) is 11.5. The zero-order valence-corrected chi connectivity index (χ0v) is 20.5. The highest BCUT2D eigenvalue weighted by Crippen LogP contribution is 2.38. The van der Waals surface area contributed by atoms with Crippen LogP contribution in [0.2, 0.25) is 0 Å². The Kier molecular flexibility index (Phi) is 9.23. The van der Waals surface area contributed by atoms with Crippen LogP contribution in [0.5, 0.6) is 0 Å². The molecule has 0 fully saturated rings. The van der Waals surface area contributed by atoms with Crippen molar-refractivity contribution in [2.75, 3.05) is 31.1 Å². The van der Waals surface area contributed by atoms with Crippen LogP contribution in [0, 0.1) is 0 Å². The zero-order valence-electron chi connectivity index (χ0n) is 18.9. The van der Waals surface area contributed by atoms with Crippen LogP contribution in [0.4, 0.5) is 5.69 Å². The maximum Gasteiger partial charge on any atom is 0.214 e. The van der Waals surface area contributed by atoms with E-state index in [2.05, 4.69) is 41.3 Å². The number of hydrogen-bond donors (Lipinski definition) is 1. The second-order valence-corrected chi connectivity index (χ2v) is 8.52. The molecule has 1 atom stereocenters. The normalized spacial score (nSPS) is 13.4. The summed E-state index contributed by atoms with van der Waals surface area (Å²) in [6.45, 7) is 15.0. The number of hydrogen-bond acceptors (Lipinski definition) is 3. The fourth-order valence-electron chi connectivity index (χ4n) is 3.71. The van der Waals surface area contributed by atoms with Gasteiger partial charge in [0.2, 0.25) is 6.41 Å². The highest BCUT2D eigenvalue weighted by Gasteiger charge is 2.31. The molecule has 0 spiro atoms. The first-order valence-corrected chi connectivity index (χ1v) is 11.5. The number of nitrogens with zero attached hydrogens (tertiary/aromatic N) is 2. The third-order valence-electron chi connectivity index (χ3n) is 5.69. The van der Waals surface area contributed by atoms with Crippen LogP contribution in [-0.4, -0.2) is 42.6 Å². The molecule has 0 aliphatic rings. The van der Waals surface area contributed by atoms with Crippen molar-refractivity contribution in [3.63, 3.8) is 0 Å². The summed E-state index contributed by atoms with van der Waals surface area (Å²) in [5.74, 6) is 0. The topological polar surface area (TPSA) is 43.8 Å². The van der Waals surface area contributed by atoms with Crippen LogP contribution < -0.4 is 4.90 Å². The van der Waals surface area contributed by atoms with E-state index in [1.807, 2.05) is 55.5 Å². The Bertz CT molecular complexity index is 933. The Morgan fingerprint density at radius 3 is 2.39 bits per heavy atom. The van der Waals surface area contributed by atoms with Crippen LogP contribution in [0.3, 0.4) is 0 Å². The monoisotopic (exact) mass is 484 g/mol. The van der Waals surface area contributed by atoms with Gasteiger partial charge in [0.25, 0.3) is 0 Å². The fraction of sp³-hybridized carbons (Fsp3) is 0.346. The van der Waals surface area contributed by atoms with E-state index >= 15 is 0 Å². The van der Waals surface area contributed by atoms with E-state index in [9.17, 15) is 9.90 Å².